The van der Waals surface area contributed by atoms with Crippen molar-refractivity contribution in [2.24, 2.45) is 7.05 Å². The summed E-state index contributed by atoms with van der Waals surface area (Å²) in [7, 11) is 2.02. The molecule has 0 spiro atoms. The van der Waals surface area contributed by atoms with Crippen LogP contribution in [0.3, 0.4) is 0 Å². The van der Waals surface area contributed by atoms with E-state index in [0.717, 1.165) is 12.1 Å². The van der Waals surface area contributed by atoms with Crippen LogP contribution < -0.4 is 5.32 Å². The minimum absolute atomic E-state index is 0.448. The van der Waals surface area contributed by atoms with Gasteiger partial charge in [0.05, 0.1) is 6.10 Å². The van der Waals surface area contributed by atoms with Crippen LogP contribution in [0.1, 0.15) is 17.4 Å². The Labute approximate surface area is 102 Å². The third kappa shape index (κ3) is 3.19. The van der Waals surface area contributed by atoms with Crippen LogP contribution in [0.2, 0.25) is 0 Å². The van der Waals surface area contributed by atoms with Crippen molar-refractivity contribution in [3.05, 3.63) is 59.9 Å². The van der Waals surface area contributed by atoms with Crippen LogP contribution >= 0.6 is 0 Å². The molecule has 17 heavy (non-hydrogen) atoms. The Kier molecular flexibility index (Phi) is 3.96. The second-order valence-electron chi connectivity index (χ2n) is 4.17. The number of nitrogens with one attached hydrogen (secondary N) is 1. The fourth-order valence-electron chi connectivity index (χ4n) is 1.81. The summed E-state index contributed by atoms with van der Waals surface area (Å²) in [4.78, 5) is 0. The summed E-state index contributed by atoms with van der Waals surface area (Å²) in [6.07, 6.45) is 1.57. The number of benzene rings is 1. The van der Waals surface area contributed by atoms with E-state index in [2.05, 4.69) is 16.0 Å². The van der Waals surface area contributed by atoms with E-state index in [9.17, 15) is 5.11 Å². The van der Waals surface area contributed by atoms with Gasteiger partial charge in [0.15, 0.2) is 0 Å². The normalized spacial score (nSPS) is 12.6. The minimum atomic E-state index is -0.448. The van der Waals surface area contributed by atoms with Gasteiger partial charge in [0, 0.05) is 32.0 Å². The molecule has 0 saturated carbocycles. The zero-order valence-electron chi connectivity index (χ0n) is 10.0. The monoisotopic (exact) mass is 230 g/mol. The lowest BCUT2D eigenvalue weighted by Crippen LogP contribution is -2.22. The third-order valence-corrected chi connectivity index (χ3v) is 2.88. The van der Waals surface area contributed by atoms with Crippen molar-refractivity contribution < 1.29 is 5.11 Å². The van der Waals surface area contributed by atoms with Gasteiger partial charge in [-0.25, -0.2) is 0 Å². The number of nitrogens with zero attached hydrogens (tertiary/aromatic N) is 1. The van der Waals surface area contributed by atoms with Gasteiger partial charge in [0.2, 0.25) is 0 Å². The molecule has 1 atom stereocenters. The SMILES string of the molecule is Cn1cccc1CNC[C@@H](O)c1ccccc1. The van der Waals surface area contributed by atoms with E-state index < -0.39 is 6.10 Å². The van der Waals surface area contributed by atoms with Crippen molar-refractivity contribution in [1.29, 1.82) is 0 Å². The van der Waals surface area contributed by atoms with Crippen molar-refractivity contribution >= 4 is 0 Å². The van der Waals surface area contributed by atoms with Gasteiger partial charge in [0.25, 0.3) is 0 Å². The highest BCUT2D eigenvalue weighted by Crippen LogP contribution is 2.10. The summed E-state index contributed by atoms with van der Waals surface area (Å²) in [5.74, 6) is 0. The Bertz CT molecular complexity index is 450. The first kappa shape index (κ1) is 11.9. The van der Waals surface area contributed by atoms with E-state index in [1.54, 1.807) is 0 Å². The van der Waals surface area contributed by atoms with Gasteiger partial charge >= 0.3 is 0 Å². The number of aryl methyl sites for hydroxylation is 1. The van der Waals surface area contributed by atoms with Crippen molar-refractivity contribution in [2.45, 2.75) is 12.6 Å². The summed E-state index contributed by atoms with van der Waals surface area (Å²) < 4.78 is 2.07. The Morgan fingerprint density at radius 1 is 1.18 bits per heavy atom. The summed E-state index contributed by atoms with van der Waals surface area (Å²) in [6.45, 7) is 1.34. The predicted octanol–water partition coefficient (Wildman–Crippen LogP) is 1.85. The maximum atomic E-state index is 9.95. The average Bonchev–Trinajstić information content (AvgIpc) is 2.76. The van der Waals surface area contributed by atoms with Gasteiger partial charge in [0.1, 0.15) is 0 Å². The van der Waals surface area contributed by atoms with Crippen LogP contribution in [-0.4, -0.2) is 16.2 Å². The van der Waals surface area contributed by atoms with Gasteiger partial charge in [-0.15, -0.1) is 0 Å². The summed E-state index contributed by atoms with van der Waals surface area (Å²) >= 11 is 0. The fourth-order valence-corrected chi connectivity index (χ4v) is 1.81. The third-order valence-electron chi connectivity index (χ3n) is 2.88. The highest BCUT2D eigenvalue weighted by atomic mass is 16.3. The number of aliphatic hydroxyl groups is 1. The van der Waals surface area contributed by atoms with Gasteiger partial charge in [-0.1, -0.05) is 30.3 Å². The molecule has 1 aromatic heterocycles. The summed E-state index contributed by atoms with van der Waals surface area (Å²) in [5.41, 5.74) is 2.16. The first-order valence-electron chi connectivity index (χ1n) is 5.81. The van der Waals surface area contributed by atoms with Crippen LogP contribution in [-0.2, 0) is 13.6 Å². The fraction of sp³-hybridized carbons (Fsp3) is 0.286. The molecule has 3 heteroatoms. The largest absolute Gasteiger partial charge is 0.387 e. The molecule has 0 radical (unpaired) electrons. The highest BCUT2D eigenvalue weighted by Gasteiger charge is 2.06. The average molecular weight is 230 g/mol. The van der Waals surface area contributed by atoms with Crippen molar-refractivity contribution in [2.75, 3.05) is 6.54 Å². The van der Waals surface area contributed by atoms with Gasteiger partial charge in [-0.2, -0.15) is 0 Å². The molecule has 90 valence electrons. The molecular weight excluding hydrogens is 212 g/mol. The molecule has 2 aromatic rings. The molecule has 1 heterocycles. The van der Waals surface area contributed by atoms with Crippen LogP contribution in [0.25, 0.3) is 0 Å². The zero-order chi connectivity index (χ0) is 12.1. The Morgan fingerprint density at radius 2 is 1.94 bits per heavy atom. The molecule has 0 aliphatic rings. The molecule has 3 nitrogen and oxygen atoms in total. The first-order valence-corrected chi connectivity index (χ1v) is 5.81. The summed E-state index contributed by atoms with van der Waals surface area (Å²) in [5, 5.41) is 13.2. The predicted molar refractivity (Wildman–Crippen MR) is 68.5 cm³/mol. The van der Waals surface area contributed by atoms with Crippen LogP contribution in [0.4, 0.5) is 0 Å². The molecule has 0 unspecified atom stereocenters. The molecule has 2 N–H and O–H groups in total. The molecule has 0 fully saturated rings. The topological polar surface area (TPSA) is 37.2 Å². The quantitative estimate of drug-likeness (QED) is 0.822. The van der Waals surface area contributed by atoms with Gasteiger partial charge in [-0.3, -0.25) is 0 Å². The smallest absolute Gasteiger partial charge is 0.0914 e. The number of aliphatic hydroxyl groups excluding tert-OH is 1. The maximum Gasteiger partial charge on any atom is 0.0914 e. The number of aromatic nitrogens is 1. The Hall–Kier alpha value is -1.58. The standard InChI is InChI=1S/C14H18N2O/c1-16-9-5-8-13(16)10-15-11-14(17)12-6-3-2-4-7-12/h2-9,14-15,17H,10-11H2,1H3/t14-/m1/s1. The molecular formula is C14H18N2O. The Morgan fingerprint density at radius 3 is 2.59 bits per heavy atom. The maximum absolute atomic E-state index is 9.95. The van der Waals surface area contributed by atoms with Crippen molar-refractivity contribution in [1.82, 2.24) is 9.88 Å². The minimum Gasteiger partial charge on any atom is -0.387 e. The van der Waals surface area contributed by atoms with E-state index in [0.29, 0.717) is 6.54 Å². The number of hydrogen-bond acceptors (Lipinski definition) is 2. The van der Waals surface area contributed by atoms with Gasteiger partial charge < -0.3 is 15.0 Å². The highest BCUT2D eigenvalue weighted by molar-refractivity contribution is 5.17. The van der Waals surface area contributed by atoms with Crippen LogP contribution in [0.15, 0.2) is 48.7 Å². The van der Waals surface area contributed by atoms with Crippen LogP contribution in [0, 0.1) is 0 Å². The van der Waals surface area contributed by atoms with E-state index in [4.69, 9.17) is 0 Å². The number of rotatable bonds is 5. The van der Waals surface area contributed by atoms with Crippen molar-refractivity contribution in [3.8, 4) is 0 Å². The molecule has 2 rings (SSSR count). The second kappa shape index (κ2) is 5.66. The molecule has 0 amide bonds. The molecule has 0 aliphatic carbocycles. The van der Waals surface area contributed by atoms with Crippen LogP contribution in [0.5, 0.6) is 0 Å². The molecule has 0 bridgehead atoms. The molecule has 1 aromatic carbocycles. The lowest BCUT2D eigenvalue weighted by atomic mass is 10.1. The summed E-state index contributed by atoms with van der Waals surface area (Å²) in [6, 6.07) is 13.8. The second-order valence-corrected chi connectivity index (χ2v) is 4.17. The number of hydrogen-bond donors (Lipinski definition) is 2. The van der Waals surface area contributed by atoms with Crippen molar-refractivity contribution in [3.63, 3.8) is 0 Å². The molecule has 0 saturated heterocycles. The van der Waals surface area contributed by atoms with E-state index in [1.807, 2.05) is 49.6 Å². The molecule has 0 aliphatic heterocycles. The first-order chi connectivity index (χ1) is 8.27. The Balaban J connectivity index is 1.81. The van der Waals surface area contributed by atoms with E-state index in [1.165, 1.54) is 5.69 Å². The lowest BCUT2D eigenvalue weighted by Gasteiger charge is -2.12. The van der Waals surface area contributed by atoms with E-state index in [-0.39, 0.29) is 0 Å². The van der Waals surface area contributed by atoms with Gasteiger partial charge in [-0.05, 0) is 17.7 Å². The zero-order valence-corrected chi connectivity index (χ0v) is 10.0. The van der Waals surface area contributed by atoms with E-state index >= 15 is 0 Å². The lowest BCUT2D eigenvalue weighted by molar-refractivity contribution is 0.174.